The van der Waals surface area contributed by atoms with Crippen LogP contribution in [0.3, 0.4) is 0 Å². The van der Waals surface area contributed by atoms with Gasteiger partial charge in [-0.25, -0.2) is 9.18 Å². The van der Waals surface area contributed by atoms with Gasteiger partial charge in [0.2, 0.25) is 0 Å². The van der Waals surface area contributed by atoms with Crippen molar-refractivity contribution in [3.8, 4) is 0 Å². The number of halogens is 1. The third-order valence-corrected chi connectivity index (χ3v) is 3.69. The van der Waals surface area contributed by atoms with E-state index in [0.29, 0.717) is 16.8 Å². The van der Waals surface area contributed by atoms with Crippen molar-refractivity contribution in [2.45, 2.75) is 33.3 Å². The molecule has 1 amide bonds. The van der Waals surface area contributed by atoms with Gasteiger partial charge < -0.3 is 10.1 Å². The minimum Gasteiger partial charge on any atom is -0.449 e. The van der Waals surface area contributed by atoms with E-state index in [0.717, 1.165) is 12.0 Å². The predicted octanol–water partition coefficient (Wildman–Crippen LogP) is 3.88. The standard InChI is InChI=1S/C19H20FNO3/c1-4-14-6-8-15(9-7-14)19(23)24-13(3)18(22)21-16-10-5-12(2)17(20)11-16/h5-11,13H,4H2,1-3H3,(H,21,22). The summed E-state index contributed by atoms with van der Waals surface area (Å²) < 4.78 is 18.6. The first-order valence-electron chi connectivity index (χ1n) is 7.77. The lowest BCUT2D eigenvalue weighted by Gasteiger charge is -2.14. The summed E-state index contributed by atoms with van der Waals surface area (Å²) in [5.41, 5.74) is 2.30. The lowest BCUT2D eigenvalue weighted by atomic mass is 10.1. The number of benzene rings is 2. The van der Waals surface area contributed by atoms with E-state index in [4.69, 9.17) is 4.74 Å². The van der Waals surface area contributed by atoms with E-state index >= 15 is 0 Å². The van der Waals surface area contributed by atoms with Gasteiger partial charge in [-0.05, 0) is 55.7 Å². The molecule has 0 saturated heterocycles. The zero-order valence-electron chi connectivity index (χ0n) is 13.9. The molecule has 1 unspecified atom stereocenters. The van der Waals surface area contributed by atoms with E-state index in [2.05, 4.69) is 5.32 Å². The van der Waals surface area contributed by atoms with Crippen LogP contribution in [-0.2, 0) is 16.0 Å². The van der Waals surface area contributed by atoms with Crippen LogP contribution in [0.2, 0.25) is 0 Å². The fourth-order valence-corrected chi connectivity index (χ4v) is 2.07. The lowest BCUT2D eigenvalue weighted by molar-refractivity contribution is -0.123. The summed E-state index contributed by atoms with van der Waals surface area (Å²) in [7, 11) is 0. The quantitative estimate of drug-likeness (QED) is 0.847. The molecular weight excluding hydrogens is 309 g/mol. The molecule has 24 heavy (non-hydrogen) atoms. The summed E-state index contributed by atoms with van der Waals surface area (Å²) in [6, 6.07) is 11.4. The maximum atomic E-state index is 13.5. The van der Waals surface area contributed by atoms with Crippen molar-refractivity contribution in [1.82, 2.24) is 0 Å². The van der Waals surface area contributed by atoms with Crippen LogP contribution in [0.5, 0.6) is 0 Å². The number of anilines is 1. The number of nitrogens with one attached hydrogen (secondary N) is 1. The number of hydrogen-bond acceptors (Lipinski definition) is 3. The number of aryl methyl sites for hydroxylation is 2. The monoisotopic (exact) mass is 329 g/mol. The molecule has 0 aliphatic rings. The van der Waals surface area contributed by atoms with E-state index in [1.807, 2.05) is 19.1 Å². The Morgan fingerprint density at radius 1 is 1.17 bits per heavy atom. The Morgan fingerprint density at radius 3 is 2.42 bits per heavy atom. The SMILES string of the molecule is CCc1ccc(C(=O)OC(C)C(=O)Nc2ccc(C)c(F)c2)cc1. The van der Waals surface area contributed by atoms with E-state index in [9.17, 15) is 14.0 Å². The highest BCUT2D eigenvalue weighted by Crippen LogP contribution is 2.14. The Labute approximate surface area is 140 Å². The van der Waals surface area contributed by atoms with Crippen LogP contribution in [0.1, 0.15) is 35.3 Å². The maximum absolute atomic E-state index is 13.5. The van der Waals surface area contributed by atoms with Crippen LogP contribution in [-0.4, -0.2) is 18.0 Å². The van der Waals surface area contributed by atoms with Gasteiger partial charge in [0, 0.05) is 5.69 Å². The van der Waals surface area contributed by atoms with Crippen molar-refractivity contribution < 1.29 is 18.7 Å². The molecule has 0 spiro atoms. The van der Waals surface area contributed by atoms with Crippen LogP contribution in [0.15, 0.2) is 42.5 Å². The van der Waals surface area contributed by atoms with Crippen molar-refractivity contribution in [2.75, 3.05) is 5.32 Å². The molecule has 2 aromatic rings. The van der Waals surface area contributed by atoms with E-state index in [-0.39, 0.29) is 0 Å². The molecule has 2 rings (SSSR count). The van der Waals surface area contributed by atoms with Crippen LogP contribution in [0.4, 0.5) is 10.1 Å². The third kappa shape index (κ3) is 4.41. The third-order valence-electron chi connectivity index (χ3n) is 3.69. The average Bonchev–Trinajstić information content (AvgIpc) is 2.58. The minimum absolute atomic E-state index is 0.318. The van der Waals surface area contributed by atoms with Crippen molar-refractivity contribution in [1.29, 1.82) is 0 Å². The fourth-order valence-electron chi connectivity index (χ4n) is 2.07. The second kappa shape index (κ2) is 7.73. The molecule has 0 aliphatic carbocycles. The molecule has 0 radical (unpaired) electrons. The Hall–Kier alpha value is -2.69. The topological polar surface area (TPSA) is 55.4 Å². The number of amides is 1. The zero-order chi connectivity index (χ0) is 17.7. The molecule has 0 saturated carbocycles. The molecule has 1 atom stereocenters. The molecule has 0 fully saturated rings. The van der Waals surface area contributed by atoms with Crippen molar-refractivity contribution >= 4 is 17.6 Å². The summed E-state index contributed by atoms with van der Waals surface area (Å²) in [5.74, 6) is -1.50. The van der Waals surface area contributed by atoms with E-state index in [1.165, 1.54) is 13.0 Å². The Kier molecular flexibility index (Phi) is 5.68. The molecule has 0 bridgehead atoms. The summed E-state index contributed by atoms with van der Waals surface area (Å²) >= 11 is 0. The minimum atomic E-state index is -0.993. The summed E-state index contributed by atoms with van der Waals surface area (Å²) in [5, 5.41) is 2.53. The average molecular weight is 329 g/mol. The summed E-state index contributed by atoms with van der Waals surface area (Å²) in [6.07, 6.45) is -0.117. The molecule has 2 aromatic carbocycles. The number of esters is 1. The normalized spacial score (nSPS) is 11.7. The summed E-state index contributed by atoms with van der Waals surface area (Å²) in [4.78, 5) is 24.1. The van der Waals surface area contributed by atoms with Gasteiger partial charge in [0.05, 0.1) is 5.56 Å². The second-order valence-corrected chi connectivity index (χ2v) is 5.55. The zero-order valence-corrected chi connectivity index (χ0v) is 13.9. The van der Waals surface area contributed by atoms with Crippen LogP contribution in [0, 0.1) is 12.7 Å². The molecule has 0 heterocycles. The highest BCUT2D eigenvalue weighted by molar-refractivity contribution is 5.97. The van der Waals surface area contributed by atoms with Crippen LogP contribution < -0.4 is 5.32 Å². The molecule has 0 aliphatic heterocycles. The number of carbonyl (C=O) groups excluding carboxylic acids is 2. The second-order valence-electron chi connectivity index (χ2n) is 5.55. The van der Waals surface area contributed by atoms with Crippen molar-refractivity contribution in [3.05, 3.63) is 65.0 Å². The van der Waals surface area contributed by atoms with Gasteiger partial charge in [0.25, 0.3) is 5.91 Å². The van der Waals surface area contributed by atoms with Crippen LogP contribution >= 0.6 is 0 Å². The highest BCUT2D eigenvalue weighted by Gasteiger charge is 2.19. The number of hydrogen-bond donors (Lipinski definition) is 1. The van der Waals surface area contributed by atoms with Crippen molar-refractivity contribution in [3.63, 3.8) is 0 Å². The first-order chi connectivity index (χ1) is 11.4. The first-order valence-corrected chi connectivity index (χ1v) is 7.77. The van der Waals surface area contributed by atoms with Gasteiger partial charge >= 0.3 is 5.97 Å². The Bertz CT molecular complexity index is 741. The van der Waals surface area contributed by atoms with Crippen LogP contribution in [0.25, 0.3) is 0 Å². The number of ether oxygens (including phenoxy) is 1. The van der Waals surface area contributed by atoms with Gasteiger partial charge in [0.1, 0.15) is 5.82 Å². The molecule has 0 aromatic heterocycles. The molecule has 5 heteroatoms. The summed E-state index contributed by atoms with van der Waals surface area (Å²) in [6.45, 7) is 5.13. The lowest BCUT2D eigenvalue weighted by Crippen LogP contribution is -2.30. The highest BCUT2D eigenvalue weighted by atomic mass is 19.1. The molecule has 4 nitrogen and oxygen atoms in total. The molecule has 126 valence electrons. The van der Waals surface area contributed by atoms with Gasteiger partial charge in [-0.3, -0.25) is 4.79 Å². The predicted molar refractivity (Wildman–Crippen MR) is 90.5 cm³/mol. The van der Waals surface area contributed by atoms with Gasteiger partial charge in [-0.2, -0.15) is 0 Å². The Balaban J connectivity index is 1.97. The Morgan fingerprint density at radius 2 is 1.83 bits per heavy atom. The van der Waals surface area contributed by atoms with Crippen molar-refractivity contribution in [2.24, 2.45) is 0 Å². The maximum Gasteiger partial charge on any atom is 0.338 e. The fraction of sp³-hybridized carbons (Fsp3) is 0.263. The van der Waals surface area contributed by atoms with Gasteiger partial charge in [0.15, 0.2) is 6.10 Å². The van der Waals surface area contributed by atoms with E-state index < -0.39 is 23.8 Å². The largest absolute Gasteiger partial charge is 0.449 e. The molecule has 1 N–H and O–H groups in total. The first kappa shape index (κ1) is 17.7. The molecular formula is C19H20FNO3. The number of rotatable bonds is 5. The number of carbonyl (C=O) groups is 2. The smallest absolute Gasteiger partial charge is 0.338 e. The van der Waals surface area contributed by atoms with E-state index in [1.54, 1.807) is 31.2 Å². The van der Waals surface area contributed by atoms with Gasteiger partial charge in [-0.1, -0.05) is 25.1 Å². The van der Waals surface area contributed by atoms with Gasteiger partial charge in [-0.15, -0.1) is 0 Å².